The van der Waals surface area contributed by atoms with E-state index in [0.29, 0.717) is 36.7 Å². The molecule has 3 aromatic rings. The first-order valence-corrected chi connectivity index (χ1v) is 10.9. The fourth-order valence-corrected chi connectivity index (χ4v) is 5.10. The van der Waals surface area contributed by atoms with Gasteiger partial charge in [0.2, 0.25) is 5.56 Å². The molecule has 0 unspecified atom stereocenters. The zero-order valence-corrected chi connectivity index (χ0v) is 18.3. The maximum absolute atomic E-state index is 13.0. The van der Waals surface area contributed by atoms with Crippen LogP contribution in [0.15, 0.2) is 41.5 Å². The Morgan fingerprint density at radius 1 is 1.32 bits per heavy atom. The third kappa shape index (κ3) is 4.24. The predicted octanol–water partition coefficient (Wildman–Crippen LogP) is 2.00. The molecule has 0 saturated carbocycles. The van der Waals surface area contributed by atoms with Crippen LogP contribution >= 0.6 is 11.3 Å². The summed E-state index contributed by atoms with van der Waals surface area (Å²) in [5.74, 6) is -0.211. The second-order valence-corrected chi connectivity index (χ2v) is 8.55. The van der Waals surface area contributed by atoms with Crippen molar-refractivity contribution in [1.82, 2.24) is 19.8 Å². The lowest BCUT2D eigenvalue weighted by atomic mass is 9.95. The number of aryl methyl sites for hydroxylation is 1. The monoisotopic (exact) mass is 440 g/mol. The van der Waals surface area contributed by atoms with Crippen LogP contribution in [0.3, 0.4) is 0 Å². The number of thiophene rings is 1. The number of rotatable bonds is 6. The first-order chi connectivity index (χ1) is 15.0. The number of likely N-dealkylation sites (tertiary alicyclic amines) is 1. The number of carbonyl (C=O) groups is 2. The molecule has 1 aliphatic heterocycles. The number of hydrogen-bond donors (Lipinski definition) is 1. The second-order valence-electron chi connectivity index (χ2n) is 7.55. The van der Waals surface area contributed by atoms with Crippen LogP contribution in [0.4, 0.5) is 0 Å². The van der Waals surface area contributed by atoms with Gasteiger partial charge in [0, 0.05) is 63.6 Å². The molecule has 0 radical (unpaired) electrons. The largest absolute Gasteiger partial charge is 0.383 e. The second kappa shape index (κ2) is 8.99. The highest BCUT2D eigenvalue weighted by molar-refractivity contribution is 7.20. The zero-order valence-electron chi connectivity index (χ0n) is 17.5. The van der Waals surface area contributed by atoms with Gasteiger partial charge in [0.15, 0.2) is 0 Å². The summed E-state index contributed by atoms with van der Waals surface area (Å²) in [6.07, 6.45) is 4.05. The predicted molar refractivity (Wildman–Crippen MR) is 119 cm³/mol. The molecule has 3 aromatic heterocycles. The van der Waals surface area contributed by atoms with E-state index in [4.69, 9.17) is 4.74 Å². The smallest absolute Gasteiger partial charge is 0.261 e. The van der Waals surface area contributed by atoms with Crippen molar-refractivity contribution in [3.8, 4) is 0 Å². The summed E-state index contributed by atoms with van der Waals surface area (Å²) in [6.45, 7) is 1.98. The fraction of sp³-hybridized carbons (Fsp3) is 0.364. The van der Waals surface area contributed by atoms with Crippen LogP contribution in [0, 0.1) is 0 Å². The van der Waals surface area contributed by atoms with E-state index in [2.05, 4.69) is 10.3 Å². The van der Waals surface area contributed by atoms with Gasteiger partial charge in [-0.05, 0) is 24.1 Å². The Hall–Kier alpha value is -3.04. The van der Waals surface area contributed by atoms with Crippen molar-refractivity contribution in [3.05, 3.63) is 63.0 Å². The van der Waals surface area contributed by atoms with Crippen molar-refractivity contribution >= 4 is 33.4 Å². The summed E-state index contributed by atoms with van der Waals surface area (Å²) in [5.41, 5.74) is 1.29. The lowest BCUT2D eigenvalue weighted by Gasteiger charge is -2.17. The van der Waals surface area contributed by atoms with E-state index in [1.165, 1.54) is 22.0 Å². The first-order valence-electron chi connectivity index (χ1n) is 10.1. The summed E-state index contributed by atoms with van der Waals surface area (Å²) in [5, 5.41) is 3.87. The molecule has 1 atom stereocenters. The molecule has 0 spiro atoms. The van der Waals surface area contributed by atoms with E-state index in [0.717, 1.165) is 22.2 Å². The molecule has 1 N–H and O–H groups in total. The van der Waals surface area contributed by atoms with Crippen molar-refractivity contribution < 1.29 is 14.3 Å². The average molecular weight is 441 g/mol. The first kappa shape index (κ1) is 21.2. The Balaban J connectivity index is 1.60. The lowest BCUT2D eigenvalue weighted by molar-refractivity contribution is 0.0790. The van der Waals surface area contributed by atoms with Crippen LogP contribution in [-0.4, -0.2) is 59.6 Å². The summed E-state index contributed by atoms with van der Waals surface area (Å²) in [6, 6.07) is 6.82. The van der Waals surface area contributed by atoms with Crippen LogP contribution in [0.2, 0.25) is 0 Å². The van der Waals surface area contributed by atoms with E-state index < -0.39 is 0 Å². The SMILES string of the molecule is COCCNC(=O)c1sc2ncccc2c1[C@H]1CCN(C(=O)c2ccc(=O)n(C)c2)C1. The molecule has 4 rings (SSSR count). The minimum atomic E-state index is -0.155. The van der Waals surface area contributed by atoms with Crippen LogP contribution in [0.25, 0.3) is 10.2 Å². The van der Waals surface area contributed by atoms with E-state index >= 15 is 0 Å². The van der Waals surface area contributed by atoms with Crippen LogP contribution in [0.1, 0.15) is 37.9 Å². The minimum absolute atomic E-state index is 0.0395. The highest BCUT2D eigenvalue weighted by atomic mass is 32.1. The van der Waals surface area contributed by atoms with Gasteiger partial charge in [-0.1, -0.05) is 6.07 Å². The van der Waals surface area contributed by atoms with Crippen molar-refractivity contribution in [2.75, 3.05) is 33.4 Å². The number of methoxy groups -OCH3 is 1. The molecule has 31 heavy (non-hydrogen) atoms. The van der Waals surface area contributed by atoms with Gasteiger partial charge in [-0.25, -0.2) is 4.98 Å². The molecular formula is C22H24N4O4S. The average Bonchev–Trinajstić information content (AvgIpc) is 3.40. The fourth-order valence-electron chi connectivity index (χ4n) is 3.96. The third-order valence-electron chi connectivity index (χ3n) is 5.52. The molecule has 8 nitrogen and oxygen atoms in total. The molecule has 4 heterocycles. The number of hydrogen-bond acceptors (Lipinski definition) is 6. The third-order valence-corrected chi connectivity index (χ3v) is 6.65. The topological polar surface area (TPSA) is 93.5 Å². The summed E-state index contributed by atoms with van der Waals surface area (Å²) in [7, 11) is 3.22. The molecule has 2 amide bonds. The quantitative estimate of drug-likeness (QED) is 0.592. The van der Waals surface area contributed by atoms with E-state index in [1.807, 2.05) is 12.1 Å². The summed E-state index contributed by atoms with van der Waals surface area (Å²) < 4.78 is 6.43. The number of pyridine rings is 2. The Labute approximate surface area is 183 Å². The summed E-state index contributed by atoms with van der Waals surface area (Å²) in [4.78, 5) is 45.2. The number of amides is 2. The van der Waals surface area contributed by atoms with Crippen LogP contribution < -0.4 is 10.9 Å². The van der Waals surface area contributed by atoms with Crippen molar-refractivity contribution in [2.24, 2.45) is 7.05 Å². The van der Waals surface area contributed by atoms with Crippen LogP contribution in [-0.2, 0) is 11.8 Å². The number of fused-ring (bicyclic) bond motifs is 1. The Kier molecular flexibility index (Phi) is 6.15. The Bertz CT molecular complexity index is 1190. The van der Waals surface area contributed by atoms with E-state index in [1.54, 1.807) is 37.5 Å². The number of ether oxygens (including phenoxy) is 1. The van der Waals surface area contributed by atoms with E-state index in [9.17, 15) is 14.4 Å². The molecule has 162 valence electrons. The highest BCUT2D eigenvalue weighted by Gasteiger charge is 2.33. The molecule has 0 aliphatic carbocycles. The van der Waals surface area contributed by atoms with Gasteiger partial charge in [0.1, 0.15) is 4.83 Å². The molecular weight excluding hydrogens is 416 g/mol. The highest BCUT2D eigenvalue weighted by Crippen LogP contribution is 2.39. The Morgan fingerprint density at radius 3 is 2.94 bits per heavy atom. The van der Waals surface area contributed by atoms with Crippen LogP contribution in [0.5, 0.6) is 0 Å². The minimum Gasteiger partial charge on any atom is -0.383 e. The Morgan fingerprint density at radius 2 is 2.16 bits per heavy atom. The van der Waals surface area contributed by atoms with Gasteiger partial charge >= 0.3 is 0 Å². The normalized spacial score (nSPS) is 16.1. The molecule has 1 saturated heterocycles. The molecule has 9 heteroatoms. The lowest BCUT2D eigenvalue weighted by Crippen LogP contribution is -2.30. The molecule has 1 aliphatic rings. The standard InChI is InChI=1S/C22H24N4O4S/c1-25-12-15(5-6-17(25)27)22(29)26-10-7-14(13-26)18-16-4-3-8-24-21(16)31-19(18)20(28)23-9-11-30-2/h3-6,8,12,14H,7,9-11,13H2,1-2H3,(H,23,28)/t14-/m0/s1. The number of nitrogens with one attached hydrogen (secondary N) is 1. The molecule has 1 fully saturated rings. The van der Waals surface area contributed by atoms with E-state index in [-0.39, 0.29) is 23.3 Å². The number of carbonyl (C=O) groups excluding carboxylic acids is 2. The van der Waals surface area contributed by atoms with Gasteiger partial charge in [-0.2, -0.15) is 0 Å². The van der Waals surface area contributed by atoms with Gasteiger partial charge in [-0.15, -0.1) is 11.3 Å². The van der Waals surface area contributed by atoms with Gasteiger partial charge in [0.25, 0.3) is 11.8 Å². The number of aromatic nitrogens is 2. The van der Waals surface area contributed by atoms with Gasteiger partial charge in [0.05, 0.1) is 17.0 Å². The van der Waals surface area contributed by atoms with Crippen molar-refractivity contribution in [1.29, 1.82) is 0 Å². The maximum atomic E-state index is 13.0. The van der Waals surface area contributed by atoms with Crippen molar-refractivity contribution in [2.45, 2.75) is 12.3 Å². The summed E-state index contributed by atoms with van der Waals surface area (Å²) >= 11 is 1.38. The van der Waals surface area contributed by atoms with Crippen molar-refractivity contribution in [3.63, 3.8) is 0 Å². The molecule has 0 aromatic carbocycles. The zero-order chi connectivity index (χ0) is 22.0. The molecule has 0 bridgehead atoms. The van der Waals surface area contributed by atoms with Gasteiger partial charge < -0.3 is 19.5 Å². The maximum Gasteiger partial charge on any atom is 0.261 e. The van der Waals surface area contributed by atoms with Gasteiger partial charge in [-0.3, -0.25) is 14.4 Å². The number of nitrogens with zero attached hydrogens (tertiary/aromatic N) is 3.